The van der Waals surface area contributed by atoms with Crippen molar-refractivity contribution in [2.45, 2.75) is 44.3 Å². The summed E-state index contributed by atoms with van der Waals surface area (Å²) in [6, 6.07) is 6.63. The van der Waals surface area contributed by atoms with Crippen LogP contribution in [0.15, 0.2) is 24.3 Å². The second kappa shape index (κ2) is 5.87. The molecule has 98 valence electrons. The van der Waals surface area contributed by atoms with Crippen molar-refractivity contribution in [1.29, 1.82) is 0 Å². The van der Waals surface area contributed by atoms with Gasteiger partial charge in [-0.2, -0.15) is 0 Å². The van der Waals surface area contributed by atoms with E-state index < -0.39 is 12.1 Å². The van der Waals surface area contributed by atoms with Crippen molar-refractivity contribution in [3.8, 4) is 5.75 Å². The number of ether oxygens (including phenoxy) is 1. The van der Waals surface area contributed by atoms with E-state index in [0.29, 0.717) is 5.56 Å². The van der Waals surface area contributed by atoms with Crippen molar-refractivity contribution in [3.63, 3.8) is 0 Å². The van der Waals surface area contributed by atoms with Crippen LogP contribution in [0.1, 0.15) is 43.8 Å². The summed E-state index contributed by atoms with van der Waals surface area (Å²) in [4.78, 5) is 10.6. The van der Waals surface area contributed by atoms with Crippen molar-refractivity contribution >= 4 is 5.97 Å². The molecule has 0 aromatic heterocycles. The Morgan fingerprint density at radius 1 is 1.17 bits per heavy atom. The van der Waals surface area contributed by atoms with Gasteiger partial charge in [0.1, 0.15) is 5.75 Å². The van der Waals surface area contributed by atoms with Gasteiger partial charge in [0.15, 0.2) is 6.10 Å². The smallest absolute Gasteiger partial charge is 0.337 e. The first-order chi connectivity index (χ1) is 8.66. The van der Waals surface area contributed by atoms with Crippen molar-refractivity contribution in [3.05, 3.63) is 29.8 Å². The Kier molecular flexibility index (Phi) is 4.20. The van der Waals surface area contributed by atoms with E-state index in [9.17, 15) is 9.90 Å². The van der Waals surface area contributed by atoms with Crippen molar-refractivity contribution in [1.82, 2.24) is 0 Å². The second-order valence-electron chi connectivity index (χ2n) is 4.69. The summed E-state index contributed by atoms with van der Waals surface area (Å²) in [5, 5.41) is 18.1. The molecule has 0 heterocycles. The van der Waals surface area contributed by atoms with E-state index >= 15 is 0 Å². The molecule has 18 heavy (non-hydrogen) atoms. The number of hydrogen-bond acceptors (Lipinski definition) is 3. The second-order valence-corrected chi connectivity index (χ2v) is 4.69. The van der Waals surface area contributed by atoms with Crippen molar-refractivity contribution in [2.24, 2.45) is 0 Å². The van der Waals surface area contributed by atoms with Gasteiger partial charge >= 0.3 is 5.97 Å². The van der Waals surface area contributed by atoms with Crippen LogP contribution in [0.5, 0.6) is 5.75 Å². The van der Waals surface area contributed by atoms with Gasteiger partial charge in [0, 0.05) is 0 Å². The quantitative estimate of drug-likeness (QED) is 0.861. The topological polar surface area (TPSA) is 66.8 Å². The molecule has 0 spiro atoms. The summed E-state index contributed by atoms with van der Waals surface area (Å²) < 4.78 is 5.82. The number of aliphatic carboxylic acids is 1. The largest absolute Gasteiger partial charge is 0.490 e. The van der Waals surface area contributed by atoms with Crippen LogP contribution in [0, 0.1) is 0 Å². The highest BCUT2D eigenvalue weighted by Crippen LogP contribution is 2.24. The number of aliphatic hydroxyl groups is 1. The molecule has 0 radical (unpaired) electrons. The molecule has 1 aromatic rings. The van der Waals surface area contributed by atoms with Gasteiger partial charge in [0.25, 0.3) is 0 Å². The molecule has 0 amide bonds. The summed E-state index contributed by atoms with van der Waals surface area (Å²) in [5.74, 6) is -0.501. The van der Waals surface area contributed by atoms with E-state index in [1.807, 2.05) is 0 Å². The molecular weight excluding hydrogens is 232 g/mol. The summed E-state index contributed by atoms with van der Waals surface area (Å²) >= 11 is 0. The number of carboxylic acids is 1. The zero-order chi connectivity index (χ0) is 13.0. The molecule has 1 unspecified atom stereocenters. The number of aliphatic hydroxyl groups excluding tert-OH is 1. The predicted octanol–water partition coefficient (Wildman–Crippen LogP) is 2.52. The zero-order valence-electron chi connectivity index (χ0n) is 10.2. The van der Waals surface area contributed by atoms with Crippen LogP contribution < -0.4 is 4.74 Å². The molecule has 0 aliphatic heterocycles. The molecule has 0 bridgehead atoms. The maximum Gasteiger partial charge on any atom is 0.337 e. The van der Waals surface area contributed by atoms with Crippen LogP contribution in [-0.2, 0) is 4.79 Å². The number of hydrogen-bond donors (Lipinski definition) is 2. The number of carbonyl (C=O) groups is 1. The first-order valence-corrected chi connectivity index (χ1v) is 6.34. The highest BCUT2D eigenvalue weighted by Gasteiger charge is 2.17. The fraction of sp³-hybridized carbons (Fsp3) is 0.500. The maximum atomic E-state index is 10.6. The van der Waals surface area contributed by atoms with Gasteiger partial charge in [-0.05, 0) is 43.4 Å². The molecule has 1 aliphatic carbocycles. The van der Waals surface area contributed by atoms with Crippen molar-refractivity contribution < 1.29 is 19.7 Å². The van der Waals surface area contributed by atoms with Crippen LogP contribution in [0.3, 0.4) is 0 Å². The van der Waals surface area contributed by atoms with Gasteiger partial charge in [-0.25, -0.2) is 4.79 Å². The first kappa shape index (κ1) is 12.9. The monoisotopic (exact) mass is 250 g/mol. The van der Waals surface area contributed by atoms with Gasteiger partial charge in [0.05, 0.1) is 6.10 Å². The van der Waals surface area contributed by atoms with Gasteiger partial charge < -0.3 is 14.9 Å². The highest BCUT2D eigenvalue weighted by atomic mass is 16.5. The third-order valence-corrected chi connectivity index (χ3v) is 3.28. The third kappa shape index (κ3) is 3.23. The fourth-order valence-corrected chi connectivity index (χ4v) is 2.25. The van der Waals surface area contributed by atoms with Crippen LogP contribution >= 0.6 is 0 Å². The van der Waals surface area contributed by atoms with Gasteiger partial charge in [-0.1, -0.05) is 18.6 Å². The Morgan fingerprint density at radius 3 is 2.33 bits per heavy atom. The molecule has 4 nitrogen and oxygen atoms in total. The number of benzene rings is 1. The zero-order valence-corrected chi connectivity index (χ0v) is 10.2. The molecule has 4 heteroatoms. The lowest BCUT2D eigenvalue weighted by atomic mass is 9.98. The SMILES string of the molecule is O=C(O)C(O)c1ccc(OC2CCCCC2)cc1. The molecule has 2 rings (SSSR count). The minimum Gasteiger partial charge on any atom is -0.490 e. The average molecular weight is 250 g/mol. The minimum absolute atomic E-state index is 0.272. The van der Waals surface area contributed by atoms with Gasteiger partial charge in [-0.15, -0.1) is 0 Å². The summed E-state index contributed by atoms with van der Waals surface area (Å²) in [7, 11) is 0. The molecule has 2 N–H and O–H groups in total. The van der Waals surface area contributed by atoms with E-state index in [0.717, 1.165) is 18.6 Å². The van der Waals surface area contributed by atoms with E-state index in [4.69, 9.17) is 9.84 Å². The summed E-state index contributed by atoms with van der Waals surface area (Å²) in [5.41, 5.74) is 0.374. The van der Waals surface area contributed by atoms with Crippen molar-refractivity contribution in [2.75, 3.05) is 0 Å². The number of rotatable bonds is 4. The molecule has 1 aromatic carbocycles. The Hall–Kier alpha value is -1.55. The van der Waals surface area contributed by atoms with Gasteiger partial charge in [-0.3, -0.25) is 0 Å². The minimum atomic E-state index is -1.46. The Morgan fingerprint density at radius 2 is 1.78 bits per heavy atom. The van der Waals surface area contributed by atoms with Crippen LogP contribution in [0.2, 0.25) is 0 Å². The lowest BCUT2D eigenvalue weighted by Crippen LogP contribution is -2.19. The van der Waals surface area contributed by atoms with Crippen LogP contribution in [0.4, 0.5) is 0 Å². The Bertz CT molecular complexity index is 393. The van der Waals surface area contributed by atoms with E-state index in [1.54, 1.807) is 24.3 Å². The van der Waals surface area contributed by atoms with Gasteiger partial charge in [0.2, 0.25) is 0 Å². The third-order valence-electron chi connectivity index (χ3n) is 3.28. The van der Waals surface area contributed by atoms with Crippen LogP contribution in [-0.4, -0.2) is 22.3 Å². The lowest BCUT2D eigenvalue weighted by molar-refractivity contribution is -0.146. The summed E-state index contributed by atoms with van der Waals surface area (Å²) in [6.45, 7) is 0. The van der Waals surface area contributed by atoms with E-state index in [1.165, 1.54) is 19.3 Å². The molecule has 0 saturated heterocycles. The molecule has 1 aliphatic rings. The Balaban J connectivity index is 1.96. The molecule has 1 atom stereocenters. The first-order valence-electron chi connectivity index (χ1n) is 6.34. The maximum absolute atomic E-state index is 10.6. The molecule has 1 saturated carbocycles. The predicted molar refractivity (Wildman–Crippen MR) is 66.5 cm³/mol. The summed E-state index contributed by atoms with van der Waals surface area (Å²) in [6.07, 6.45) is 4.67. The lowest BCUT2D eigenvalue weighted by Gasteiger charge is -2.23. The highest BCUT2D eigenvalue weighted by molar-refractivity contribution is 5.74. The van der Waals surface area contributed by atoms with Crippen LogP contribution in [0.25, 0.3) is 0 Å². The normalized spacial score (nSPS) is 18.3. The molecular formula is C14H18O4. The fourth-order valence-electron chi connectivity index (χ4n) is 2.25. The standard InChI is InChI=1S/C14H18O4/c15-13(14(16)17)10-6-8-12(9-7-10)18-11-4-2-1-3-5-11/h6-9,11,13,15H,1-5H2,(H,16,17). The van der Waals surface area contributed by atoms with E-state index in [2.05, 4.69) is 0 Å². The Labute approximate surface area is 106 Å². The molecule has 1 fully saturated rings. The average Bonchev–Trinajstić information content (AvgIpc) is 2.40. The number of carboxylic acid groups (broad SMARTS) is 1. The van der Waals surface area contributed by atoms with E-state index in [-0.39, 0.29) is 6.10 Å².